The molecule has 0 bridgehead atoms. The Morgan fingerprint density at radius 1 is 1.19 bits per heavy atom. The Morgan fingerprint density at radius 2 is 1.81 bits per heavy atom. The van der Waals surface area contributed by atoms with Gasteiger partial charge in [0.15, 0.2) is 0 Å². The summed E-state index contributed by atoms with van der Waals surface area (Å²) in [4.78, 5) is 22.0. The quantitative estimate of drug-likeness (QED) is 0.360. The lowest BCUT2D eigenvalue weighted by Crippen LogP contribution is -2.29. The largest absolute Gasteiger partial charge is 0.481 e. The third kappa shape index (κ3) is 11.0. The first-order chi connectivity index (χ1) is 10.0. The van der Waals surface area contributed by atoms with E-state index in [1.165, 1.54) is 6.08 Å². The Balaban J connectivity index is 3.57. The number of hydrogen-bond acceptors (Lipinski definition) is 3. The first-order valence-electron chi connectivity index (χ1n) is 7.80. The van der Waals surface area contributed by atoms with Crippen LogP contribution in [-0.4, -0.2) is 34.7 Å². The number of unbranched alkanes of at least 4 members (excludes halogenated alkanes) is 4. The SMILES string of the molecule is C=CC(O)C(CC)CC(=O)NCCCCCCCC(=O)O. The normalized spacial score (nSPS) is 13.4. The van der Waals surface area contributed by atoms with Crippen LogP contribution in [0.2, 0.25) is 0 Å². The van der Waals surface area contributed by atoms with E-state index in [1.807, 2.05) is 6.92 Å². The smallest absolute Gasteiger partial charge is 0.303 e. The van der Waals surface area contributed by atoms with Crippen LogP contribution in [0.5, 0.6) is 0 Å². The number of aliphatic hydroxyl groups excluding tert-OH is 1. The van der Waals surface area contributed by atoms with E-state index in [-0.39, 0.29) is 18.2 Å². The van der Waals surface area contributed by atoms with Crippen molar-refractivity contribution in [1.29, 1.82) is 0 Å². The van der Waals surface area contributed by atoms with Gasteiger partial charge in [-0.1, -0.05) is 38.7 Å². The van der Waals surface area contributed by atoms with Gasteiger partial charge in [-0.05, 0) is 18.8 Å². The lowest BCUT2D eigenvalue weighted by molar-refractivity contribution is -0.137. The summed E-state index contributed by atoms with van der Waals surface area (Å²) in [5.41, 5.74) is 0. The van der Waals surface area contributed by atoms with E-state index < -0.39 is 12.1 Å². The number of hydrogen-bond donors (Lipinski definition) is 3. The standard InChI is InChI=1S/C16H29NO4/c1-3-13(14(18)4-2)12-15(19)17-11-9-7-5-6-8-10-16(20)21/h4,13-14,18H,2-3,5-12H2,1H3,(H,17,19)(H,20,21). The van der Waals surface area contributed by atoms with Crippen molar-refractivity contribution in [3.63, 3.8) is 0 Å². The fourth-order valence-electron chi connectivity index (χ4n) is 2.17. The summed E-state index contributed by atoms with van der Waals surface area (Å²) in [6.07, 6.45) is 6.67. The summed E-state index contributed by atoms with van der Waals surface area (Å²) in [5, 5.41) is 21.0. The Morgan fingerprint density at radius 3 is 2.38 bits per heavy atom. The highest BCUT2D eigenvalue weighted by molar-refractivity contribution is 5.76. The Bertz CT molecular complexity index is 317. The minimum atomic E-state index is -0.741. The predicted molar refractivity (Wildman–Crippen MR) is 82.9 cm³/mol. The number of amides is 1. The molecule has 0 aliphatic heterocycles. The molecule has 2 unspecified atom stereocenters. The van der Waals surface area contributed by atoms with Gasteiger partial charge in [0.1, 0.15) is 0 Å². The minimum Gasteiger partial charge on any atom is -0.481 e. The molecule has 0 heterocycles. The Hall–Kier alpha value is -1.36. The molecule has 0 rings (SSSR count). The second-order valence-corrected chi connectivity index (χ2v) is 5.36. The number of carboxylic acids is 1. The van der Waals surface area contributed by atoms with Gasteiger partial charge in [-0.15, -0.1) is 6.58 Å². The van der Waals surface area contributed by atoms with Crippen LogP contribution in [0, 0.1) is 5.92 Å². The van der Waals surface area contributed by atoms with Crippen molar-refractivity contribution < 1.29 is 19.8 Å². The van der Waals surface area contributed by atoms with Gasteiger partial charge in [0, 0.05) is 19.4 Å². The first kappa shape index (κ1) is 19.6. The van der Waals surface area contributed by atoms with E-state index >= 15 is 0 Å². The van der Waals surface area contributed by atoms with Crippen LogP contribution in [0.25, 0.3) is 0 Å². The summed E-state index contributed by atoms with van der Waals surface area (Å²) in [7, 11) is 0. The summed E-state index contributed by atoms with van der Waals surface area (Å²) in [6.45, 7) is 6.12. The number of rotatable bonds is 13. The number of carbonyl (C=O) groups excluding carboxylic acids is 1. The molecular formula is C16H29NO4. The fourth-order valence-corrected chi connectivity index (χ4v) is 2.17. The molecule has 0 aromatic heterocycles. The molecule has 0 spiro atoms. The van der Waals surface area contributed by atoms with Gasteiger partial charge in [0.05, 0.1) is 6.10 Å². The van der Waals surface area contributed by atoms with E-state index in [0.29, 0.717) is 13.0 Å². The first-order valence-corrected chi connectivity index (χ1v) is 7.80. The lowest BCUT2D eigenvalue weighted by atomic mass is 9.95. The molecule has 0 saturated carbocycles. The van der Waals surface area contributed by atoms with Crippen molar-refractivity contribution in [2.75, 3.05) is 6.54 Å². The highest BCUT2D eigenvalue weighted by Gasteiger charge is 2.17. The van der Waals surface area contributed by atoms with Gasteiger partial charge in [-0.2, -0.15) is 0 Å². The minimum absolute atomic E-state index is 0.0337. The summed E-state index contributed by atoms with van der Waals surface area (Å²) in [6, 6.07) is 0. The average molecular weight is 299 g/mol. The lowest BCUT2D eigenvalue weighted by Gasteiger charge is -2.18. The van der Waals surface area contributed by atoms with Gasteiger partial charge in [-0.3, -0.25) is 9.59 Å². The third-order valence-corrected chi connectivity index (χ3v) is 3.59. The Labute approximate surface area is 127 Å². The van der Waals surface area contributed by atoms with Crippen LogP contribution >= 0.6 is 0 Å². The van der Waals surface area contributed by atoms with Crippen LogP contribution in [0.4, 0.5) is 0 Å². The molecule has 0 fully saturated rings. The molecule has 0 aromatic carbocycles. The van der Waals surface area contributed by atoms with Crippen molar-refractivity contribution in [3.8, 4) is 0 Å². The third-order valence-electron chi connectivity index (χ3n) is 3.59. The zero-order valence-corrected chi connectivity index (χ0v) is 13.0. The topological polar surface area (TPSA) is 86.6 Å². The van der Waals surface area contributed by atoms with Gasteiger partial charge in [0.2, 0.25) is 5.91 Å². The predicted octanol–water partition coefficient (Wildman–Crippen LogP) is 2.49. The van der Waals surface area contributed by atoms with Crippen molar-refractivity contribution in [3.05, 3.63) is 12.7 Å². The maximum Gasteiger partial charge on any atom is 0.303 e. The van der Waals surface area contributed by atoms with E-state index in [0.717, 1.165) is 38.5 Å². The van der Waals surface area contributed by atoms with Gasteiger partial charge in [0.25, 0.3) is 0 Å². The van der Waals surface area contributed by atoms with Crippen LogP contribution < -0.4 is 5.32 Å². The maximum absolute atomic E-state index is 11.7. The summed E-state index contributed by atoms with van der Waals surface area (Å²) in [5.74, 6) is -0.846. The number of carboxylic acid groups (broad SMARTS) is 1. The highest BCUT2D eigenvalue weighted by atomic mass is 16.4. The molecule has 2 atom stereocenters. The van der Waals surface area contributed by atoms with Gasteiger partial charge in [-0.25, -0.2) is 0 Å². The van der Waals surface area contributed by atoms with Crippen LogP contribution in [0.15, 0.2) is 12.7 Å². The van der Waals surface area contributed by atoms with Crippen LogP contribution in [0.3, 0.4) is 0 Å². The average Bonchev–Trinajstić information content (AvgIpc) is 2.46. The zero-order valence-electron chi connectivity index (χ0n) is 13.0. The highest BCUT2D eigenvalue weighted by Crippen LogP contribution is 2.14. The number of aliphatic hydroxyl groups is 1. The van der Waals surface area contributed by atoms with Crippen LogP contribution in [-0.2, 0) is 9.59 Å². The fraction of sp³-hybridized carbons (Fsp3) is 0.750. The molecular weight excluding hydrogens is 270 g/mol. The van der Waals surface area contributed by atoms with E-state index in [2.05, 4.69) is 11.9 Å². The van der Waals surface area contributed by atoms with E-state index in [4.69, 9.17) is 5.11 Å². The molecule has 0 saturated heterocycles. The molecule has 5 nitrogen and oxygen atoms in total. The molecule has 0 aliphatic rings. The number of aliphatic carboxylic acids is 1. The van der Waals surface area contributed by atoms with Crippen molar-refractivity contribution in [2.24, 2.45) is 5.92 Å². The van der Waals surface area contributed by atoms with Crippen molar-refractivity contribution >= 4 is 11.9 Å². The zero-order chi connectivity index (χ0) is 16.1. The maximum atomic E-state index is 11.7. The molecule has 3 N–H and O–H groups in total. The monoisotopic (exact) mass is 299 g/mol. The van der Waals surface area contributed by atoms with Crippen LogP contribution in [0.1, 0.15) is 58.3 Å². The number of nitrogens with one attached hydrogen (secondary N) is 1. The van der Waals surface area contributed by atoms with Crippen molar-refractivity contribution in [1.82, 2.24) is 5.32 Å². The molecule has 0 aromatic rings. The molecule has 122 valence electrons. The second kappa shape index (κ2) is 12.4. The molecule has 1 amide bonds. The van der Waals surface area contributed by atoms with E-state index in [9.17, 15) is 14.7 Å². The number of carbonyl (C=O) groups is 2. The molecule has 21 heavy (non-hydrogen) atoms. The molecule has 0 radical (unpaired) electrons. The molecule has 5 heteroatoms. The van der Waals surface area contributed by atoms with Gasteiger partial charge >= 0.3 is 5.97 Å². The second-order valence-electron chi connectivity index (χ2n) is 5.36. The Kier molecular flexibility index (Phi) is 11.6. The van der Waals surface area contributed by atoms with Gasteiger partial charge < -0.3 is 15.5 Å². The van der Waals surface area contributed by atoms with E-state index in [1.54, 1.807) is 0 Å². The van der Waals surface area contributed by atoms with Crippen molar-refractivity contribution in [2.45, 2.75) is 64.4 Å². The molecule has 0 aliphatic carbocycles. The summed E-state index contributed by atoms with van der Waals surface area (Å²) >= 11 is 0. The summed E-state index contributed by atoms with van der Waals surface area (Å²) < 4.78 is 0.